The summed E-state index contributed by atoms with van der Waals surface area (Å²) in [5.74, 6) is -3.32. The molecule has 1 aliphatic rings. The number of carbonyl (C=O) groups is 1. The van der Waals surface area contributed by atoms with Crippen LogP contribution in [0.3, 0.4) is 0 Å². The first kappa shape index (κ1) is 24.2. The van der Waals surface area contributed by atoms with Crippen molar-refractivity contribution in [1.82, 2.24) is 4.90 Å². The lowest BCUT2D eigenvalue weighted by molar-refractivity contribution is 0.0773. The van der Waals surface area contributed by atoms with Gasteiger partial charge in [-0.25, -0.2) is 17.2 Å². The van der Waals surface area contributed by atoms with Crippen molar-refractivity contribution < 1.29 is 31.8 Å². The van der Waals surface area contributed by atoms with Crippen LogP contribution in [-0.4, -0.2) is 44.5 Å². The first-order valence-electron chi connectivity index (χ1n) is 9.70. The molecule has 0 aliphatic carbocycles. The fraction of sp³-hybridized carbons (Fsp3) is 0.136. The Morgan fingerprint density at radius 1 is 1.12 bits per heavy atom. The molecule has 0 unspecified atom stereocenters. The Bertz CT molecular complexity index is 1440. The molecule has 0 aromatic heterocycles. The predicted octanol–water partition coefficient (Wildman–Crippen LogP) is 5.02. The second kappa shape index (κ2) is 9.05. The average molecular weight is 574 g/mol. The van der Waals surface area contributed by atoms with Gasteiger partial charge in [-0.2, -0.15) is 0 Å². The standard InChI is InChI=1S/C22H16BrClF2N2O5S/c1-28-4-5-33-19-3-2-12(23)8-14(19)13-9-18(17(26)10-16(13)25)27-34(31,32)20-7-11(22(28)30)6-15(24)21(20)29/h2-3,6-10,27,29H,4-5H2,1H3. The summed E-state index contributed by atoms with van der Waals surface area (Å²) in [6, 6.07) is 8.32. The van der Waals surface area contributed by atoms with Gasteiger partial charge in [-0.3, -0.25) is 9.52 Å². The highest BCUT2D eigenvalue weighted by atomic mass is 79.9. The number of amides is 1. The molecule has 1 amide bonds. The van der Waals surface area contributed by atoms with Crippen LogP contribution in [0.15, 0.2) is 51.8 Å². The number of sulfonamides is 1. The number of rotatable bonds is 0. The number of halogens is 4. The Kier molecular flexibility index (Phi) is 6.45. The van der Waals surface area contributed by atoms with Gasteiger partial charge in [0.15, 0.2) is 5.75 Å². The summed E-state index contributed by atoms with van der Waals surface area (Å²) in [7, 11) is -3.18. The average Bonchev–Trinajstić information content (AvgIpc) is 2.77. The second-order valence-corrected chi connectivity index (χ2v) is 10.4. The molecule has 7 nitrogen and oxygen atoms in total. The number of benzene rings is 3. The third kappa shape index (κ3) is 4.55. The van der Waals surface area contributed by atoms with E-state index in [0.717, 1.165) is 18.2 Å². The zero-order chi connectivity index (χ0) is 24.8. The molecule has 1 aliphatic heterocycles. The Morgan fingerprint density at radius 2 is 1.85 bits per heavy atom. The van der Waals surface area contributed by atoms with Crippen molar-refractivity contribution in [1.29, 1.82) is 0 Å². The molecule has 3 aromatic carbocycles. The lowest BCUT2D eigenvalue weighted by atomic mass is 10.0. The summed E-state index contributed by atoms with van der Waals surface area (Å²) in [5.41, 5.74) is -0.611. The van der Waals surface area contributed by atoms with E-state index in [9.17, 15) is 27.1 Å². The number of phenols is 1. The van der Waals surface area contributed by atoms with Crippen LogP contribution in [-0.2, 0) is 10.0 Å². The highest BCUT2D eigenvalue weighted by Gasteiger charge is 2.27. The van der Waals surface area contributed by atoms with Crippen LogP contribution in [0.2, 0.25) is 5.02 Å². The normalized spacial score (nSPS) is 15.4. The summed E-state index contributed by atoms with van der Waals surface area (Å²) < 4.78 is 63.9. The van der Waals surface area contributed by atoms with Gasteiger partial charge in [0.05, 0.1) is 17.3 Å². The van der Waals surface area contributed by atoms with Gasteiger partial charge in [-0.05, 0) is 36.4 Å². The Morgan fingerprint density at radius 3 is 2.59 bits per heavy atom. The molecule has 34 heavy (non-hydrogen) atoms. The molecule has 1 heterocycles. The van der Waals surface area contributed by atoms with E-state index in [-0.39, 0.29) is 35.6 Å². The lowest BCUT2D eigenvalue weighted by Crippen LogP contribution is -2.31. The molecule has 0 atom stereocenters. The van der Waals surface area contributed by atoms with Crippen molar-refractivity contribution in [2.45, 2.75) is 4.90 Å². The number of nitrogens with one attached hydrogen (secondary N) is 1. The first-order chi connectivity index (χ1) is 16.0. The molecule has 0 radical (unpaired) electrons. The van der Waals surface area contributed by atoms with Crippen LogP contribution in [0.5, 0.6) is 11.5 Å². The van der Waals surface area contributed by atoms with E-state index in [1.807, 2.05) is 4.72 Å². The third-order valence-corrected chi connectivity index (χ3v) is 7.29. The highest BCUT2D eigenvalue weighted by molar-refractivity contribution is 9.10. The van der Waals surface area contributed by atoms with Crippen molar-refractivity contribution in [3.8, 4) is 22.6 Å². The number of hydrogen-bond acceptors (Lipinski definition) is 5. The van der Waals surface area contributed by atoms with Gasteiger partial charge in [-0.15, -0.1) is 0 Å². The fourth-order valence-electron chi connectivity index (χ4n) is 3.39. The largest absolute Gasteiger partial charge is 0.505 e. The van der Waals surface area contributed by atoms with Crippen LogP contribution >= 0.6 is 27.5 Å². The van der Waals surface area contributed by atoms with E-state index in [1.165, 1.54) is 18.0 Å². The van der Waals surface area contributed by atoms with E-state index < -0.39 is 48.9 Å². The van der Waals surface area contributed by atoms with Gasteiger partial charge in [-0.1, -0.05) is 27.5 Å². The minimum atomic E-state index is -4.65. The number of likely N-dealkylation sites (N-methyl/N-ethyl adjacent to an activating group) is 1. The smallest absolute Gasteiger partial charge is 0.265 e. The number of aromatic hydroxyl groups is 1. The van der Waals surface area contributed by atoms with E-state index >= 15 is 0 Å². The van der Waals surface area contributed by atoms with Gasteiger partial charge in [0.25, 0.3) is 15.9 Å². The summed E-state index contributed by atoms with van der Waals surface area (Å²) in [6.07, 6.45) is 0. The number of anilines is 1. The Hall–Kier alpha value is -2.89. The van der Waals surface area contributed by atoms with Gasteiger partial charge in [0.2, 0.25) is 0 Å². The molecule has 3 aromatic rings. The quantitative estimate of drug-likeness (QED) is 0.394. The van der Waals surface area contributed by atoms with Crippen LogP contribution in [0.1, 0.15) is 10.4 Å². The molecule has 4 rings (SSSR count). The fourth-order valence-corrected chi connectivity index (χ4v) is 5.23. The van der Waals surface area contributed by atoms with Gasteiger partial charge < -0.3 is 14.7 Å². The van der Waals surface area contributed by atoms with Crippen LogP contribution in [0, 0.1) is 11.6 Å². The van der Waals surface area contributed by atoms with Gasteiger partial charge in [0.1, 0.15) is 28.9 Å². The minimum absolute atomic E-state index is 0.0156. The highest BCUT2D eigenvalue weighted by Crippen LogP contribution is 2.38. The topological polar surface area (TPSA) is 95.9 Å². The third-order valence-electron chi connectivity index (χ3n) is 5.13. The SMILES string of the molecule is CN1CCOc2ccc(Br)cc2-c2cc(c(F)cc2F)NS(=O)(=O)c2cc(cc(Cl)c2O)C1=O. The van der Waals surface area contributed by atoms with Crippen molar-refractivity contribution in [3.05, 3.63) is 69.2 Å². The Labute approximate surface area is 207 Å². The van der Waals surface area contributed by atoms with Crippen LogP contribution < -0.4 is 9.46 Å². The van der Waals surface area contributed by atoms with E-state index in [2.05, 4.69) is 15.9 Å². The number of fused-ring (bicyclic) bond motifs is 6. The van der Waals surface area contributed by atoms with Crippen LogP contribution in [0.25, 0.3) is 11.1 Å². The molecule has 4 bridgehead atoms. The van der Waals surface area contributed by atoms with Crippen LogP contribution in [0.4, 0.5) is 14.5 Å². The first-order valence-corrected chi connectivity index (χ1v) is 12.4. The summed E-state index contributed by atoms with van der Waals surface area (Å²) >= 11 is 9.28. The molecule has 0 fully saturated rings. The predicted molar refractivity (Wildman–Crippen MR) is 126 cm³/mol. The summed E-state index contributed by atoms with van der Waals surface area (Å²) in [5, 5.41) is 9.90. The zero-order valence-corrected chi connectivity index (χ0v) is 20.6. The van der Waals surface area contributed by atoms with E-state index in [4.69, 9.17) is 16.3 Å². The molecule has 0 spiro atoms. The molecule has 2 N–H and O–H groups in total. The van der Waals surface area contributed by atoms with Gasteiger partial charge >= 0.3 is 0 Å². The van der Waals surface area contributed by atoms with Crippen molar-refractivity contribution in [2.75, 3.05) is 24.9 Å². The van der Waals surface area contributed by atoms with Crippen molar-refractivity contribution in [3.63, 3.8) is 0 Å². The van der Waals surface area contributed by atoms with Crippen molar-refractivity contribution in [2.24, 2.45) is 0 Å². The molecular weight excluding hydrogens is 558 g/mol. The lowest BCUT2D eigenvalue weighted by Gasteiger charge is -2.19. The zero-order valence-electron chi connectivity index (χ0n) is 17.4. The minimum Gasteiger partial charge on any atom is -0.505 e. The Balaban J connectivity index is 1.97. The van der Waals surface area contributed by atoms with Gasteiger partial charge in [0, 0.05) is 34.3 Å². The molecule has 0 saturated heterocycles. The maximum atomic E-state index is 14.8. The molecule has 12 heteroatoms. The van der Waals surface area contributed by atoms with E-state index in [1.54, 1.807) is 12.1 Å². The second-order valence-electron chi connectivity index (χ2n) is 7.44. The number of nitrogens with zero attached hydrogens (tertiary/aromatic N) is 1. The molecule has 178 valence electrons. The number of phenolic OH excluding ortho intramolecular Hbond substituents is 1. The number of carbonyl (C=O) groups excluding carboxylic acids is 1. The number of ether oxygens (including phenoxy) is 1. The van der Waals surface area contributed by atoms with Crippen molar-refractivity contribution >= 4 is 49.1 Å². The van der Waals surface area contributed by atoms with E-state index in [0.29, 0.717) is 10.5 Å². The monoisotopic (exact) mass is 572 g/mol. The molecular formula is C22H16BrClF2N2O5S. The summed E-state index contributed by atoms with van der Waals surface area (Å²) in [4.78, 5) is 13.4. The molecule has 0 saturated carbocycles. The summed E-state index contributed by atoms with van der Waals surface area (Å²) in [6.45, 7) is 0.103. The maximum absolute atomic E-state index is 14.8. The number of hydrogen-bond donors (Lipinski definition) is 2. The maximum Gasteiger partial charge on any atom is 0.265 e.